The molecule has 0 radical (unpaired) electrons. The van der Waals surface area contributed by atoms with Gasteiger partial charge in [0.05, 0.1) is 13.2 Å². The predicted octanol–water partition coefficient (Wildman–Crippen LogP) is 2.62. The molecule has 0 saturated carbocycles. The number of nitrogens with one attached hydrogen (secondary N) is 1. The average Bonchev–Trinajstić information content (AvgIpc) is 2.30. The zero-order valence-electron chi connectivity index (χ0n) is 10.3. The van der Waals surface area contributed by atoms with Crippen molar-refractivity contribution in [3.05, 3.63) is 22.3 Å². The molecule has 4 nitrogen and oxygen atoms in total. The number of aryl methyl sites for hydroxylation is 1. The summed E-state index contributed by atoms with van der Waals surface area (Å²) in [5.74, 6) is 0.935. The number of halogens is 1. The Kier molecular flexibility index (Phi) is 7.16. The number of pyridine rings is 1. The van der Waals surface area contributed by atoms with Crippen LogP contribution in [-0.2, 0) is 9.47 Å². The molecule has 0 aliphatic rings. The third-order valence-corrected chi connectivity index (χ3v) is 2.67. The van der Waals surface area contributed by atoms with Crippen molar-refractivity contribution in [1.29, 1.82) is 0 Å². The highest BCUT2D eigenvalue weighted by atomic mass is 79.9. The zero-order valence-corrected chi connectivity index (χ0v) is 11.9. The van der Waals surface area contributed by atoms with Gasteiger partial charge < -0.3 is 14.8 Å². The summed E-state index contributed by atoms with van der Waals surface area (Å²) in [6, 6.07) is 2.05. The molecule has 17 heavy (non-hydrogen) atoms. The van der Waals surface area contributed by atoms with Gasteiger partial charge in [-0.2, -0.15) is 0 Å². The lowest BCUT2D eigenvalue weighted by atomic mass is 10.3. The van der Waals surface area contributed by atoms with Crippen LogP contribution in [-0.4, -0.2) is 38.5 Å². The van der Waals surface area contributed by atoms with Gasteiger partial charge >= 0.3 is 0 Å². The highest BCUT2D eigenvalue weighted by Crippen LogP contribution is 2.16. The fourth-order valence-corrected chi connectivity index (χ4v) is 1.80. The summed E-state index contributed by atoms with van der Waals surface area (Å²) < 4.78 is 11.3. The smallest absolute Gasteiger partial charge is 0.128 e. The van der Waals surface area contributed by atoms with E-state index in [0.29, 0.717) is 13.2 Å². The number of methoxy groups -OCH3 is 1. The molecule has 96 valence electrons. The molecule has 0 aliphatic carbocycles. The third-order valence-electron chi connectivity index (χ3n) is 2.23. The van der Waals surface area contributed by atoms with Crippen molar-refractivity contribution >= 4 is 21.7 Å². The molecule has 0 aliphatic heterocycles. The summed E-state index contributed by atoms with van der Waals surface area (Å²) >= 11 is 3.39. The van der Waals surface area contributed by atoms with Crippen LogP contribution < -0.4 is 5.32 Å². The molecule has 0 bridgehead atoms. The number of rotatable bonds is 8. The molecule has 0 unspecified atom stereocenters. The van der Waals surface area contributed by atoms with Crippen LogP contribution >= 0.6 is 15.9 Å². The Morgan fingerprint density at radius 2 is 2.18 bits per heavy atom. The molecule has 1 rings (SSSR count). The Morgan fingerprint density at radius 1 is 1.35 bits per heavy atom. The van der Waals surface area contributed by atoms with Crippen LogP contribution in [0, 0.1) is 6.92 Å². The van der Waals surface area contributed by atoms with Crippen LogP contribution in [0.2, 0.25) is 0 Å². The largest absolute Gasteiger partial charge is 0.382 e. The van der Waals surface area contributed by atoms with Crippen LogP contribution in [0.1, 0.15) is 12.0 Å². The second-order valence-electron chi connectivity index (χ2n) is 3.70. The summed E-state index contributed by atoms with van der Waals surface area (Å²) in [6.45, 7) is 4.95. The minimum atomic E-state index is 0.654. The van der Waals surface area contributed by atoms with Gasteiger partial charge in [-0.05, 0) is 40.9 Å². The van der Waals surface area contributed by atoms with E-state index in [2.05, 4.69) is 26.2 Å². The molecule has 1 aromatic rings. The van der Waals surface area contributed by atoms with Crippen LogP contribution in [0.4, 0.5) is 5.82 Å². The van der Waals surface area contributed by atoms with Crippen molar-refractivity contribution in [2.24, 2.45) is 0 Å². The number of hydrogen-bond acceptors (Lipinski definition) is 4. The maximum atomic E-state index is 5.37. The Hall–Kier alpha value is -0.650. The van der Waals surface area contributed by atoms with Gasteiger partial charge in [0.1, 0.15) is 5.82 Å². The maximum absolute atomic E-state index is 5.37. The summed E-state index contributed by atoms with van der Waals surface area (Å²) in [7, 11) is 1.67. The Bertz CT molecular complexity index is 334. The number of aromatic nitrogens is 1. The van der Waals surface area contributed by atoms with Crippen LogP contribution in [0.3, 0.4) is 0 Å². The van der Waals surface area contributed by atoms with Crippen LogP contribution in [0.25, 0.3) is 0 Å². The van der Waals surface area contributed by atoms with E-state index in [-0.39, 0.29) is 0 Å². The highest BCUT2D eigenvalue weighted by molar-refractivity contribution is 9.10. The van der Waals surface area contributed by atoms with Crippen molar-refractivity contribution in [1.82, 2.24) is 4.98 Å². The summed E-state index contributed by atoms with van der Waals surface area (Å²) in [5, 5.41) is 3.29. The van der Waals surface area contributed by atoms with Crippen molar-refractivity contribution in [2.75, 3.05) is 38.8 Å². The van der Waals surface area contributed by atoms with Gasteiger partial charge in [0, 0.05) is 30.9 Å². The fraction of sp³-hybridized carbons (Fsp3) is 0.583. The molecule has 0 amide bonds. The third kappa shape index (κ3) is 6.00. The van der Waals surface area contributed by atoms with Crippen LogP contribution in [0.5, 0.6) is 0 Å². The predicted molar refractivity (Wildman–Crippen MR) is 72.5 cm³/mol. The molecule has 1 aromatic heterocycles. The first-order valence-corrected chi connectivity index (χ1v) is 6.46. The normalized spacial score (nSPS) is 10.5. The second-order valence-corrected chi connectivity index (χ2v) is 4.62. The van der Waals surface area contributed by atoms with Gasteiger partial charge in [0.15, 0.2) is 0 Å². The lowest BCUT2D eigenvalue weighted by molar-refractivity contribution is 0.0705. The molecule has 1 N–H and O–H groups in total. The van der Waals surface area contributed by atoms with Crippen molar-refractivity contribution in [3.8, 4) is 0 Å². The molecule has 5 heteroatoms. The highest BCUT2D eigenvalue weighted by Gasteiger charge is 1.99. The van der Waals surface area contributed by atoms with Gasteiger partial charge in [-0.1, -0.05) is 0 Å². The Labute approximate surface area is 111 Å². The second kappa shape index (κ2) is 8.44. The van der Waals surface area contributed by atoms with E-state index >= 15 is 0 Å². The first-order valence-electron chi connectivity index (χ1n) is 5.66. The van der Waals surface area contributed by atoms with E-state index in [9.17, 15) is 0 Å². The molecule has 0 saturated heterocycles. The number of hydrogen-bond donors (Lipinski definition) is 1. The Balaban J connectivity index is 2.14. The van der Waals surface area contributed by atoms with E-state index in [0.717, 1.165) is 35.4 Å². The lowest BCUT2D eigenvalue weighted by Gasteiger charge is -2.08. The maximum Gasteiger partial charge on any atom is 0.128 e. The number of anilines is 1. The minimum Gasteiger partial charge on any atom is -0.382 e. The van der Waals surface area contributed by atoms with Gasteiger partial charge in [-0.25, -0.2) is 4.98 Å². The van der Waals surface area contributed by atoms with E-state index in [1.807, 2.05) is 13.0 Å². The standard InChI is InChI=1S/C12H19BrN2O2/c1-10-8-11(13)9-15-12(10)14-4-3-5-17-7-6-16-2/h8-9H,3-7H2,1-2H3,(H,14,15). The van der Waals surface area contributed by atoms with Gasteiger partial charge in [0.25, 0.3) is 0 Å². The fourth-order valence-electron chi connectivity index (χ4n) is 1.35. The van der Waals surface area contributed by atoms with E-state index in [4.69, 9.17) is 9.47 Å². The zero-order chi connectivity index (χ0) is 12.5. The number of nitrogens with zero attached hydrogens (tertiary/aromatic N) is 1. The summed E-state index contributed by atoms with van der Waals surface area (Å²) in [5.41, 5.74) is 1.14. The topological polar surface area (TPSA) is 43.4 Å². The molecule has 0 spiro atoms. The van der Waals surface area contributed by atoms with Gasteiger partial charge in [0.2, 0.25) is 0 Å². The lowest BCUT2D eigenvalue weighted by Crippen LogP contribution is -2.09. The SMILES string of the molecule is COCCOCCCNc1ncc(Br)cc1C. The summed E-state index contributed by atoms with van der Waals surface area (Å²) in [6.07, 6.45) is 2.76. The van der Waals surface area contributed by atoms with E-state index in [1.54, 1.807) is 13.3 Å². The van der Waals surface area contributed by atoms with Gasteiger partial charge in [-0.3, -0.25) is 0 Å². The van der Waals surface area contributed by atoms with Crippen molar-refractivity contribution in [2.45, 2.75) is 13.3 Å². The molecule has 0 aromatic carbocycles. The van der Waals surface area contributed by atoms with E-state index < -0.39 is 0 Å². The van der Waals surface area contributed by atoms with Crippen molar-refractivity contribution in [3.63, 3.8) is 0 Å². The first-order chi connectivity index (χ1) is 8.24. The molecule has 0 atom stereocenters. The quantitative estimate of drug-likeness (QED) is 0.750. The van der Waals surface area contributed by atoms with Gasteiger partial charge in [-0.15, -0.1) is 0 Å². The number of ether oxygens (including phenoxy) is 2. The van der Waals surface area contributed by atoms with Crippen molar-refractivity contribution < 1.29 is 9.47 Å². The molecule has 1 heterocycles. The van der Waals surface area contributed by atoms with Crippen LogP contribution in [0.15, 0.2) is 16.7 Å². The average molecular weight is 303 g/mol. The van der Waals surface area contributed by atoms with E-state index in [1.165, 1.54) is 0 Å². The summed E-state index contributed by atoms with van der Waals surface area (Å²) in [4.78, 5) is 4.31. The Morgan fingerprint density at radius 3 is 2.88 bits per heavy atom. The molecular formula is C12H19BrN2O2. The monoisotopic (exact) mass is 302 g/mol. The first kappa shape index (κ1) is 14.4. The molecular weight excluding hydrogens is 284 g/mol. The molecule has 0 fully saturated rings. The minimum absolute atomic E-state index is 0.654.